The number of methoxy groups -OCH3 is 1. The van der Waals surface area contributed by atoms with Gasteiger partial charge < -0.3 is 14.7 Å². The Balaban J connectivity index is 2.22. The van der Waals surface area contributed by atoms with Crippen LogP contribution in [0.15, 0.2) is 71.1 Å². The number of nitrogens with zero attached hydrogens (tertiary/aromatic N) is 1. The predicted octanol–water partition coefficient (Wildman–Crippen LogP) is 4.93. The van der Waals surface area contributed by atoms with Crippen LogP contribution in [0.5, 0.6) is 5.75 Å². The molecule has 0 radical (unpaired) electrons. The Morgan fingerprint density at radius 3 is 2.39 bits per heavy atom. The van der Waals surface area contributed by atoms with Gasteiger partial charge in [-0.2, -0.15) is 0 Å². The van der Waals surface area contributed by atoms with E-state index in [0.29, 0.717) is 0 Å². The van der Waals surface area contributed by atoms with E-state index in [2.05, 4.69) is 23.8 Å². The summed E-state index contributed by atoms with van der Waals surface area (Å²) in [5.74, 6) is 3.58. The maximum absolute atomic E-state index is 11.7. The lowest BCUT2D eigenvalue weighted by atomic mass is 9.70. The van der Waals surface area contributed by atoms with Crippen molar-refractivity contribution >= 4 is 0 Å². The second-order valence-electron chi connectivity index (χ2n) is 7.56. The molecule has 0 fully saturated rings. The van der Waals surface area contributed by atoms with E-state index >= 15 is 0 Å². The summed E-state index contributed by atoms with van der Waals surface area (Å²) in [6.07, 6.45) is 14.8. The molecule has 0 saturated heterocycles. The molecule has 0 spiro atoms. The quantitative estimate of drug-likeness (QED) is 0.757. The van der Waals surface area contributed by atoms with Gasteiger partial charge in [-0.1, -0.05) is 42.4 Å². The van der Waals surface area contributed by atoms with Crippen molar-refractivity contribution in [2.24, 2.45) is 0 Å². The smallest absolute Gasteiger partial charge is 0.118 e. The van der Waals surface area contributed by atoms with Crippen LogP contribution in [0.25, 0.3) is 0 Å². The summed E-state index contributed by atoms with van der Waals surface area (Å²) in [7, 11) is 1.66. The Morgan fingerprint density at radius 2 is 1.86 bits per heavy atom. The van der Waals surface area contributed by atoms with E-state index < -0.39 is 5.60 Å². The molecule has 2 heterocycles. The van der Waals surface area contributed by atoms with Crippen LogP contribution in [0, 0.1) is 12.3 Å². The first-order valence-electron chi connectivity index (χ1n) is 9.72. The fourth-order valence-corrected chi connectivity index (χ4v) is 4.78. The van der Waals surface area contributed by atoms with Crippen LogP contribution in [-0.2, 0) is 0 Å². The molecule has 3 atom stereocenters. The van der Waals surface area contributed by atoms with Crippen molar-refractivity contribution in [3.8, 4) is 18.1 Å². The van der Waals surface area contributed by atoms with E-state index in [0.717, 1.165) is 40.3 Å². The molecule has 146 valence electrons. The summed E-state index contributed by atoms with van der Waals surface area (Å²) in [5, 5.41) is 11.7. The van der Waals surface area contributed by atoms with Gasteiger partial charge in [0.05, 0.1) is 18.4 Å². The van der Waals surface area contributed by atoms with E-state index in [1.807, 2.05) is 63.3 Å². The first-order valence-corrected chi connectivity index (χ1v) is 9.72. The lowest BCUT2D eigenvalue weighted by Gasteiger charge is -2.48. The number of fused-ring (bicyclic) bond motifs is 1. The molecule has 1 N–H and O–H groups in total. The molecule has 0 amide bonds. The van der Waals surface area contributed by atoms with Crippen LogP contribution in [0.3, 0.4) is 0 Å². The first kappa shape index (κ1) is 20.0. The Hall–Kier alpha value is -2.70. The average molecular weight is 376 g/mol. The molecule has 2 aliphatic heterocycles. The summed E-state index contributed by atoms with van der Waals surface area (Å²) in [5.41, 5.74) is 4.03. The van der Waals surface area contributed by atoms with E-state index in [4.69, 9.17) is 11.2 Å². The van der Waals surface area contributed by atoms with Gasteiger partial charge in [0.25, 0.3) is 0 Å². The fraction of sp³-hybridized carbons (Fsp3) is 0.360. The van der Waals surface area contributed by atoms with Gasteiger partial charge in [0.2, 0.25) is 0 Å². The summed E-state index contributed by atoms with van der Waals surface area (Å²) in [6.45, 7) is 7.94. The summed E-state index contributed by atoms with van der Waals surface area (Å²) >= 11 is 0. The van der Waals surface area contributed by atoms with Gasteiger partial charge in [0.1, 0.15) is 5.75 Å². The Morgan fingerprint density at radius 1 is 1.21 bits per heavy atom. The van der Waals surface area contributed by atoms with Crippen molar-refractivity contribution in [3.05, 3.63) is 76.7 Å². The van der Waals surface area contributed by atoms with E-state index in [-0.39, 0.29) is 12.0 Å². The van der Waals surface area contributed by atoms with E-state index in [9.17, 15) is 5.11 Å². The number of terminal acetylenes is 1. The third-order valence-corrected chi connectivity index (χ3v) is 5.91. The van der Waals surface area contributed by atoms with Crippen molar-refractivity contribution in [1.82, 2.24) is 4.90 Å². The zero-order valence-electron chi connectivity index (χ0n) is 17.4. The van der Waals surface area contributed by atoms with Crippen LogP contribution in [0.1, 0.15) is 45.6 Å². The van der Waals surface area contributed by atoms with Crippen molar-refractivity contribution in [1.29, 1.82) is 0 Å². The van der Waals surface area contributed by atoms with Crippen LogP contribution in [-0.4, -0.2) is 28.8 Å². The topological polar surface area (TPSA) is 32.7 Å². The maximum Gasteiger partial charge on any atom is 0.118 e. The van der Waals surface area contributed by atoms with E-state index in [1.54, 1.807) is 7.11 Å². The second-order valence-corrected chi connectivity index (χ2v) is 7.56. The third kappa shape index (κ3) is 3.08. The number of allylic oxidation sites excluding steroid dienone is 5. The van der Waals surface area contributed by atoms with Gasteiger partial charge >= 0.3 is 0 Å². The van der Waals surface area contributed by atoms with Gasteiger partial charge in [-0.25, -0.2) is 0 Å². The van der Waals surface area contributed by atoms with Crippen LogP contribution < -0.4 is 4.74 Å². The fourth-order valence-electron chi connectivity index (χ4n) is 4.78. The summed E-state index contributed by atoms with van der Waals surface area (Å²) in [4.78, 5) is 2.25. The van der Waals surface area contributed by atoms with Crippen molar-refractivity contribution in [2.75, 3.05) is 7.11 Å². The minimum absolute atomic E-state index is 0.0645. The highest BCUT2D eigenvalue weighted by Gasteiger charge is 2.51. The van der Waals surface area contributed by atoms with Crippen molar-refractivity contribution in [3.63, 3.8) is 0 Å². The normalized spacial score (nSPS) is 27.7. The molecule has 1 aromatic rings. The molecule has 0 aromatic heterocycles. The van der Waals surface area contributed by atoms with Crippen LogP contribution in [0.4, 0.5) is 0 Å². The average Bonchev–Trinajstić information content (AvgIpc) is 3.03. The Kier molecular flexibility index (Phi) is 5.54. The molecule has 3 rings (SSSR count). The lowest BCUT2D eigenvalue weighted by molar-refractivity contribution is 0.0257. The Bertz CT molecular complexity index is 907. The highest BCUT2D eigenvalue weighted by molar-refractivity contribution is 5.52. The minimum atomic E-state index is -1.02. The molecule has 1 aromatic carbocycles. The second kappa shape index (κ2) is 7.73. The standard InChI is InChI=1S/C25H29NO2/c1-7-10-19-16-23-24(18-12-14-20(28-6)15-13-18)25(5,27)21(11-8-2)17(4)26(23)22(19)9-3/h3,7-8,10-15,23-24,27H,16H2,1-2,4-6H3/b10-7-,11-8-. The molecule has 28 heavy (non-hydrogen) atoms. The van der Waals surface area contributed by atoms with Gasteiger partial charge in [0, 0.05) is 23.2 Å². The molecule has 0 aliphatic carbocycles. The van der Waals surface area contributed by atoms with Gasteiger partial charge in [-0.15, -0.1) is 6.42 Å². The van der Waals surface area contributed by atoms with Crippen molar-refractivity contribution in [2.45, 2.75) is 51.7 Å². The number of aliphatic hydroxyl groups is 1. The maximum atomic E-state index is 11.7. The molecule has 3 heteroatoms. The minimum Gasteiger partial charge on any atom is -0.497 e. The predicted molar refractivity (Wildman–Crippen MR) is 115 cm³/mol. The zero-order chi connectivity index (χ0) is 20.5. The number of ether oxygens (including phenoxy) is 1. The van der Waals surface area contributed by atoms with Gasteiger partial charge in [-0.05, 0) is 57.4 Å². The molecule has 3 nitrogen and oxygen atoms in total. The molecular formula is C25H29NO2. The highest BCUT2D eigenvalue weighted by Crippen LogP contribution is 2.51. The summed E-state index contributed by atoms with van der Waals surface area (Å²) < 4.78 is 5.32. The highest BCUT2D eigenvalue weighted by atomic mass is 16.5. The van der Waals surface area contributed by atoms with Crippen molar-refractivity contribution < 1.29 is 9.84 Å². The van der Waals surface area contributed by atoms with Gasteiger partial charge in [0.15, 0.2) is 0 Å². The Labute approximate surface area is 168 Å². The first-order chi connectivity index (χ1) is 13.4. The number of hydrogen-bond donors (Lipinski definition) is 1. The number of benzene rings is 1. The van der Waals surface area contributed by atoms with Crippen LogP contribution >= 0.6 is 0 Å². The zero-order valence-corrected chi connectivity index (χ0v) is 17.4. The molecule has 0 saturated carbocycles. The monoisotopic (exact) mass is 375 g/mol. The molecular weight excluding hydrogens is 346 g/mol. The number of rotatable bonds is 4. The third-order valence-electron chi connectivity index (χ3n) is 5.91. The molecule has 2 aliphatic rings. The SMILES string of the molecule is C#CC1=C(/C=C\C)CC2C(c3ccc(OC)cc3)C(C)(O)C(/C=C\C)=C(C)N12. The van der Waals surface area contributed by atoms with Crippen LogP contribution in [0.2, 0.25) is 0 Å². The van der Waals surface area contributed by atoms with E-state index in [1.165, 1.54) is 0 Å². The molecule has 3 unspecified atom stereocenters. The number of hydrogen-bond acceptors (Lipinski definition) is 3. The molecule has 0 bridgehead atoms. The largest absolute Gasteiger partial charge is 0.497 e. The summed E-state index contributed by atoms with van der Waals surface area (Å²) in [6, 6.07) is 8.07. The van der Waals surface area contributed by atoms with Gasteiger partial charge in [-0.3, -0.25) is 0 Å². The lowest BCUT2D eigenvalue weighted by Crippen LogP contribution is -2.51.